The van der Waals surface area contributed by atoms with E-state index in [1.165, 1.54) is 0 Å². The predicted molar refractivity (Wildman–Crippen MR) is 127 cm³/mol. The molecule has 0 fully saturated rings. The summed E-state index contributed by atoms with van der Waals surface area (Å²) >= 11 is 0. The van der Waals surface area contributed by atoms with Crippen molar-refractivity contribution in [3.63, 3.8) is 0 Å². The van der Waals surface area contributed by atoms with Gasteiger partial charge in [-0.1, -0.05) is 24.3 Å². The van der Waals surface area contributed by atoms with E-state index in [9.17, 15) is 5.11 Å². The normalized spacial score (nSPS) is 11.9. The molecule has 0 bridgehead atoms. The summed E-state index contributed by atoms with van der Waals surface area (Å²) in [6.07, 6.45) is -0.142. The van der Waals surface area contributed by atoms with Crippen LogP contribution >= 0.6 is 0 Å². The Bertz CT molecular complexity index is 1220. The number of nitrogens with zero attached hydrogens (tertiary/aromatic N) is 2. The van der Waals surface area contributed by atoms with Gasteiger partial charge in [0.05, 0.1) is 38.9 Å². The molecule has 0 saturated carbocycles. The van der Waals surface area contributed by atoms with Crippen molar-refractivity contribution in [2.75, 3.05) is 27.9 Å². The van der Waals surface area contributed by atoms with Crippen LogP contribution in [0.5, 0.6) is 23.0 Å². The van der Waals surface area contributed by atoms with Crippen molar-refractivity contribution in [1.29, 1.82) is 0 Å². The molecule has 0 radical (unpaired) electrons. The quantitative estimate of drug-likeness (QED) is 0.394. The van der Waals surface area contributed by atoms with Crippen molar-refractivity contribution in [2.24, 2.45) is 0 Å². The monoisotopic (exact) mass is 448 g/mol. The van der Waals surface area contributed by atoms with E-state index in [2.05, 4.69) is 0 Å². The first-order chi connectivity index (χ1) is 16.1. The average molecular weight is 449 g/mol. The molecule has 7 heteroatoms. The van der Waals surface area contributed by atoms with Crippen LogP contribution in [-0.2, 0) is 13.0 Å². The molecule has 0 amide bonds. The molecule has 1 aromatic heterocycles. The number of ether oxygens (including phenoxy) is 4. The summed E-state index contributed by atoms with van der Waals surface area (Å²) in [4.78, 5) is 4.82. The van der Waals surface area contributed by atoms with Crippen LogP contribution in [0.1, 0.15) is 11.4 Å². The third-order valence-electron chi connectivity index (χ3n) is 5.42. The standard InChI is InChI=1S/C26H28N2O5/c1-30-20-7-6-8-21(15-20)33-17-19(29)16-28-23-10-5-4-9-22(23)27-26(28)14-18-11-12-24(31-2)25(13-18)32-3/h4-13,15,19,29H,14,16-17H2,1-3H3. The number of aliphatic hydroxyl groups excluding tert-OH is 1. The summed E-state index contributed by atoms with van der Waals surface area (Å²) in [6.45, 7) is 0.503. The zero-order valence-electron chi connectivity index (χ0n) is 19.0. The second-order valence-electron chi connectivity index (χ2n) is 7.64. The summed E-state index contributed by atoms with van der Waals surface area (Å²) in [5.74, 6) is 3.56. The van der Waals surface area contributed by atoms with Gasteiger partial charge in [-0.2, -0.15) is 0 Å². The van der Waals surface area contributed by atoms with Gasteiger partial charge in [0.2, 0.25) is 0 Å². The molecule has 172 valence electrons. The van der Waals surface area contributed by atoms with E-state index in [0.29, 0.717) is 36.0 Å². The maximum absolute atomic E-state index is 10.8. The Kier molecular flexibility index (Phi) is 7.00. The molecular weight excluding hydrogens is 420 g/mol. The Morgan fingerprint density at radius 2 is 1.64 bits per heavy atom. The van der Waals surface area contributed by atoms with Gasteiger partial charge in [-0.05, 0) is 42.0 Å². The summed E-state index contributed by atoms with van der Waals surface area (Å²) in [5.41, 5.74) is 2.88. The second kappa shape index (κ2) is 10.3. The molecule has 1 heterocycles. The number of fused-ring (bicyclic) bond motifs is 1. The zero-order valence-corrected chi connectivity index (χ0v) is 19.0. The Hall–Kier alpha value is -3.71. The smallest absolute Gasteiger partial charge is 0.161 e. The molecule has 1 atom stereocenters. The zero-order chi connectivity index (χ0) is 23.2. The third-order valence-corrected chi connectivity index (χ3v) is 5.42. The van der Waals surface area contributed by atoms with Crippen LogP contribution in [0.15, 0.2) is 66.7 Å². The molecule has 0 aliphatic carbocycles. The lowest BCUT2D eigenvalue weighted by Crippen LogP contribution is -2.24. The van der Waals surface area contributed by atoms with E-state index >= 15 is 0 Å². The molecule has 1 N–H and O–H groups in total. The average Bonchev–Trinajstić information content (AvgIpc) is 3.19. The van der Waals surface area contributed by atoms with Crippen LogP contribution in [-0.4, -0.2) is 48.7 Å². The van der Waals surface area contributed by atoms with Crippen LogP contribution in [0.2, 0.25) is 0 Å². The highest BCUT2D eigenvalue weighted by atomic mass is 16.5. The predicted octanol–water partition coefficient (Wildman–Crippen LogP) is 4.09. The number of para-hydroxylation sites is 2. The number of hydrogen-bond donors (Lipinski definition) is 1. The fraction of sp³-hybridized carbons (Fsp3) is 0.269. The van der Waals surface area contributed by atoms with Gasteiger partial charge in [0.25, 0.3) is 0 Å². The molecule has 0 aliphatic heterocycles. The van der Waals surface area contributed by atoms with Gasteiger partial charge in [-0.15, -0.1) is 0 Å². The number of benzene rings is 3. The van der Waals surface area contributed by atoms with Crippen molar-refractivity contribution in [2.45, 2.75) is 19.1 Å². The van der Waals surface area contributed by atoms with Gasteiger partial charge >= 0.3 is 0 Å². The van der Waals surface area contributed by atoms with Gasteiger partial charge in [0.1, 0.15) is 30.0 Å². The van der Waals surface area contributed by atoms with Crippen LogP contribution in [0.3, 0.4) is 0 Å². The third kappa shape index (κ3) is 5.21. The highest BCUT2D eigenvalue weighted by Crippen LogP contribution is 2.29. The first kappa shape index (κ1) is 22.5. The van der Waals surface area contributed by atoms with E-state index in [1.54, 1.807) is 27.4 Å². The fourth-order valence-electron chi connectivity index (χ4n) is 3.78. The molecule has 3 aromatic carbocycles. The molecule has 4 aromatic rings. The summed E-state index contributed by atoms with van der Waals surface area (Å²) < 4.78 is 23.8. The number of hydrogen-bond acceptors (Lipinski definition) is 6. The van der Waals surface area contributed by atoms with Gasteiger partial charge in [-0.25, -0.2) is 4.98 Å². The van der Waals surface area contributed by atoms with Crippen molar-refractivity contribution >= 4 is 11.0 Å². The van der Waals surface area contributed by atoms with Crippen LogP contribution in [0.4, 0.5) is 0 Å². The molecule has 0 saturated heterocycles. The summed E-state index contributed by atoms with van der Waals surface area (Å²) in [5, 5.41) is 10.8. The number of methoxy groups -OCH3 is 3. The molecular formula is C26H28N2O5. The minimum absolute atomic E-state index is 0.148. The minimum atomic E-state index is -0.724. The molecule has 4 rings (SSSR count). The Morgan fingerprint density at radius 3 is 2.42 bits per heavy atom. The van der Waals surface area contributed by atoms with Crippen LogP contribution in [0, 0.1) is 0 Å². The Morgan fingerprint density at radius 1 is 0.848 bits per heavy atom. The van der Waals surface area contributed by atoms with Crippen molar-refractivity contribution in [1.82, 2.24) is 9.55 Å². The number of imidazole rings is 1. The highest BCUT2D eigenvalue weighted by molar-refractivity contribution is 5.76. The SMILES string of the molecule is COc1cccc(OCC(O)Cn2c(Cc3ccc(OC)c(OC)c3)nc3ccccc32)c1. The molecule has 0 spiro atoms. The van der Waals surface area contributed by atoms with Gasteiger partial charge in [0, 0.05) is 12.5 Å². The molecule has 1 unspecified atom stereocenters. The van der Waals surface area contributed by atoms with E-state index in [4.69, 9.17) is 23.9 Å². The van der Waals surface area contributed by atoms with Gasteiger partial charge in [0.15, 0.2) is 11.5 Å². The largest absolute Gasteiger partial charge is 0.497 e. The van der Waals surface area contributed by atoms with E-state index in [-0.39, 0.29) is 6.61 Å². The van der Waals surface area contributed by atoms with E-state index in [1.807, 2.05) is 65.2 Å². The second-order valence-corrected chi connectivity index (χ2v) is 7.64. The van der Waals surface area contributed by atoms with Crippen LogP contribution < -0.4 is 18.9 Å². The molecule has 0 aliphatic rings. The lowest BCUT2D eigenvalue weighted by molar-refractivity contribution is 0.0927. The van der Waals surface area contributed by atoms with E-state index in [0.717, 1.165) is 22.4 Å². The van der Waals surface area contributed by atoms with Crippen molar-refractivity contribution in [3.8, 4) is 23.0 Å². The maximum atomic E-state index is 10.8. The fourth-order valence-corrected chi connectivity index (χ4v) is 3.78. The Balaban J connectivity index is 1.54. The lowest BCUT2D eigenvalue weighted by atomic mass is 10.1. The van der Waals surface area contributed by atoms with Gasteiger partial charge < -0.3 is 28.6 Å². The first-order valence-electron chi connectivity index (χ1n) is 10.7. The topological polar surface area (TPSA) is 75.0 Å². The van der Waals surface area contributed by atoms with Crippen molar-refractivity contribution < 1.29 is 24.1 Å². The van der Waals surface area contributed by atoms with Crippen LogP contribution in [0.25, 0.3) is 11.0 Å². The first-order valence-corrected chi connectivity index (χ1v) is 10.7. The maximum Gasteiger partial charge on any atom is 0.161 e. The van der Waals surface area contributed by atoms with Crippen molar-refractivity contribution in [3.05, 3.63) is 78.1 Å². The Labute approximate surface area is 193 Å². The van der Waals surface area contributed by atoms with E-state index < -0.39 is 6.10 Å². The molecule has 7 nitrogen and oxygen atoms in total. The molecule has 33 heavy (non-hydrogen) atoms. The number of rotatable bonds is 10. The lowest BCUT2D eigenvalue weighted by Gasteiger charge is -2.16. The highest BCUT2D eigenvalue weighted by Gasteiger charge is 2.16. The number of aliphatic hydroxyl groups is 1. The van der Waals surface area contributed by atoms with Gasteiger partial charge in [-0.3, -0.25) is 0 Å². The number of aromatic nitrogens is 2. The minimum Gasteiger partial charge on any atom is -0.497 e. The summed E-state index contributed by atoms with van der Waals surface area (Å²) in [7, 11) is 4.85. The summed E-state index contributed by atoms with van der Waals surface area (Å²) in [6, 6.07) is 21.1.